The van der Waals surface area contributed by atoms with E-state index in [1.165, 1.54) is 5.56 Å². The summed E-state index contributed by atoms with van der Waals surface area (Å²) in [6, 6.07) is 7.91. The van der Waals surface area contributed by atoms with Crippen molar-refractivity contribution >= 4 is 17.8 Å². The Morgan fingerprint density at radius 2 is 1.75 bits per heavy atom. The minimum absolute atomic E-state index is 0.558. The second-order valence-corrected chi connectivity index (χ2v) is 8.17. The van der Waals surface area contributed by atoms with E-state index < -0.39 is 11.9 Å². The number of rotatable bonds is 6. The van der Waals surface area contributed by atoms with Gasteiger partial charge in [-0.25, -0.2) is 14.6 Å². The van der Waals surface area contributed by atoms with Gasteiger partial charge in [0.25, 0.3) is 0 Å². The third-order valence-corrected chi connectivity index (χ3v) is 5.49. The molecule has 1 aliphatic heterocycles. The highest BCUT2D eigenvalue weighted by Gasteiger charge is 2.22. The van der Waals surface area contributed by atoms with Crippen LogP contribution in [-0.2, 0) is 23.2 Å². The molecule has 36 heavy (non-hydrogen) atoms. The van der Waals surface area contributed by atoms with Crippen LogP contribution in [0.4, 0.5) is 5.82 Å². The van der Waals surface area contributed by atoms with Crippen molar-refractivity contribution in [2.24, 2.45) is 7.05 Å². The van der Waals surface area contributed by atoms with Crippen molar-refractivity contribution in [1.29, 1.82) is 5.26 Å². The highest BCUT2D eigenvalue weighted by molar-refractivity contribution is 5.89. The highest BCUT2D eigenvalue weighted by Crippen LogP contribution is 2.30. The van der Waals surface area contributed by atoms with Crippen LogP contribution in [0.15, 0.2) is 55.1 Å². The molecule has 1 aromatic carbocycles. The van der Waals surface area contributed by atoms with Crippen LogP contribution >= 0.6 is 0 Å². The molecule has 1 saturated heterocycles. The number of nitriles is 1. The number of aliphatic carboxylic acids is 2. The van der Waals surface area contributed by atoms with Crippen molar-refractivity contribution in [3.63, 3.8) is 0 Å². The number of aromatic nitrogens is 4. The molecule has 0 radical (unpaired) electrons. The summed E-state index contributed by atoms with van der Waals surface area (Å²) in [5.74, 6) is -1.60. The van der Waals surface area contributed by atoms with E-state index in [4.69, 9.17) is 15.5 Å². The molecule has 0 spiro atoms. The molecule has 0 bridgehead atoms. The molecule has 3 aromatic rings. The molecule has 0 saturated carbocycles. The molecule has 11 heteroatoms. The summed E-state index contributed by atoms with van der Waals surface area (Å²) >= 11 is 0. The molecule has 1 fully saturated rings. The third kappa shape index (κ3) is 7.22. The number of anilines is 1. The molecule has 3 heterocycles. The van der Waals surface area contributed by atoms with Gasteiger partial charge in [-0.05, 0) is 24.6 Å². The lowest BCUT2D eigenvalue weighted by atomic mass is 10.0. The summed E-state index contributed by atoms with van der Waals surface area (Å²) in [4.78, 5) is 33.1. The maximum Gasteiger partial charge on any atom is 0.328 e. The number of carboxylic acids is 2. The molecule has 0 amide bonds. The Bertz CT molecular complexity index is 1270. The van der Waals surface area contributed by atoms with Crippen molar-refractivity contribution in [2.75, 3.05) is 31.1 Å². The Morgan fingerprint density at radius 1 is 1.08 bits per heavy atom. The minimum atomic E-state index is -1.26. The summed E-state index contributed by atoms with van der Waals surface area (Å²) in [7, 11) is 1.95. The number of benzene rings is 1. The van der Waals surface area contributed by atoms with Gasteiger partial charge in [0, 0.05) is 81.6 Å². The molecule has 0 aliphatic carbocycles. The van der Waals surface area contributed by atoms with Gasteiger partial charge in [0.05, 0.1) is 17.8 Å². The lowest BCUT2D eigenvalue weighted by molar-refractivity contribution is -0.134. The van der Waals surface area contributed by atoms with E-state index in [9.17, 15) is 9.59 Å². The van der Waals surface area contributed by atoms with Gasteiger partial charge in [0.1, 0.15) is 5.69 Å². The monoisotopic (exact) mass is 489 g/mol. The van der Waals surface area contributed by atoms with Crippen molar-refractivity contribution in [1.82, 2.24) is 24.6 Å². The van der Waals surface area contributed by atoms with Gasteiger partial charge in [0.2, 0.25) is 0 Å². The molecular formula is C25H27N7O4. The average molecular weight is 490 g/mol. The van der Waals surface area contributed by atoms with Crippen LogP contribution in [0.2, 0.25) is 0 Å². The number of nitrogens with zero attached hydrogens (tertiary/aromatic N) is 7. The number of aryl methyl sites for hydroxylation is 2. The summed E-state index contributed by atoms with van der Waals surface area (Å²) < 4.78 is 1.84. The molecule has 186 valence electrons. The van der Waals surface area contributed by atoms with Crippen LogP contribution in [0, 0.1) is 18.3 Å². The number of carboxylic acid groups (broad SMARTS) is 2. The second kappa shape index (κ2) is 12.2. The van der Waals surface area contributed by atoms with E-state index in [1.807, 2.05) is 43.0 Å². The number of hydrogen-bond donors (Lipinski definition) is 2. The van der Waals surface area contributed by atoms with Gasteiger partial charge in [-0.15, -0.1) is 0 Å². The first kappa shape index (κ1) is 26.1. The maximum atomic E-state index is 9.55. The van der Waals surface area contributed by atoms with Gasteiger partial charge in [-0.3, -0.25) is 14.6 Å². The molecule has 2 aromatic heterocycles. The lowest BCUT2D eigenvalue weighted by Gasteiger charge is -2.35. The van der Waals surface area contributed by atoms with E-state index in [0.717, 1.165) is 55.4 Å². The predicted molar refractivity (Wildman–Crippen MR) is 132 cm³/mol. The molecule has 0 unspecified atom stereocenters. The van der Waals surface area contributed by atoms with Crippen molar-refractivity contribution < 1.29 is 19.8 Å². The van der Waals surface area contributed by atoms with Gasteiger partial charge in [-0.2, -0.15) is 10.4 Å². The Balaban J connectivity index is 0.000000392. The fourth-order valence-corrected chi connectivity index (χ4v) is 3.82. The molecular weight excluding hydrogens is 462 g/mol. The first-order valence-electron chi connectivity index (χ1n) is 11.2. The van der Waals surface area contributed by atoms with Gasteiger partial charge in [-0.1, -0.05) is 6.07 Å². The standard InChI is InChI=1S/C21H23N7.C4H4O4/c1-16-11-17(12-22)3-4-19(16)20-21(24-6-5-23-20)28-9-7-27(8-10-28)15-18-13-25-26(2)14-18;5-3(6)1-2-4(7)8/h3-6,11,13-14H,7-10,15H2,1-2H3;1-2H,(H,5,6)(H,7,8)/b;2-1+. The number of hydrogen-bond acceptors (Lipinski definition) is 8. The van der Waals surface area contributed by atoms with E-state index >= 15 is 0 Å². The lowest BCUT2D eigenvalue weighted by Crippen LogP contribution is -2.46. The SMILES string of the molecule is Cc1cc(C#N)ccc1-c1nccnc1N1CCN(Cc2cnn(C)c2)CC1.O=C(O)/C=C/C(=O)O. The van der Waals surface area contributed by atoms with Crippen LogP contribution in [0.5, 0.6) is 0 Å². The number of piperazine rings is 1. The zero-order valence-electron chi connectivity index (χ0n) is 20.1. The third-order valence-electron chi connectivity index (χ3n) is 5.49. The van der Waals surface area contributed by atoms with E-state index in [2.05, 4.69) is 37.1 Å². The average Bonchev–Trinajstić information content (AvgIpc) is 3.28. The molecule has 11 nitrogen and oxygen atoms in total. The fourth-order valence-electron chi connectivity index (χ4n) is 3.82. The first-order valence-corrected chi connectivity index (χ1v) is 11.2. The second-order valence-electron chi connectivity index (χ2n) is 8.17. The summed E-state index contributed by atoms with van der Waals surface area (Å²) in [5, 5.41) is 29.0. The summed E-state index contributed by atoms with van der Waals surface area (Å²) in [6.07, 6.45) is 8.60. The Labute approximate surface area is 208 Å². The minimum Gasteiger partial charge on any atom is -0.478 e. The van der Waals surface area contributed by atoms with E-state index in [1.54, 1.807) is 12.4 Å². The molecule has 2 N–H and O–H groups in total. The van der Waals surface area contributed by atoms with Gasteiger partial charge in [0.15, 0.2) is 5.82 Å². The zero-order chi connectivity index (χ0) is 26.1. The fraction of sp³-hybridized carbons (Fsp3) is 0.280. The Morgan fingerprint density at radius 3 is 2.31 bits per heavy atom. The largest absolute Gasteiger partial charge is 0.478 e. The van der Waals surface area contributed by atoms with Crippen molar-refractivity contribution in [2.45, 2.75) is 13.5 Å². The van der Waals surface area contributed by atoms with E-state index in [0.29, 0.717) is 17.7 Å². The van der Waals surface area contributed by atoms with Crippen molar-refractivity contribution in [3.05, 3.63) is 71.8 Å². The topological polar surface area (TPSA) is 148 Å². The number of carbonyl (C=O) groups is 2. The summed E-state index contributed by atoms with van der Waals surface area (Å²) in [6.45, 7) is 6.68. The predicted octanol–water partition coefficient (Wildman–Crippen LogP) is 2.09. The maximum absolute atomic E-state index is 9.55. The van der Waals surface area contributed by atoms with Crippen LogP contribution in [0.1, 0.15) is 16.7 Å². The molecule has 0 atom stereocenters. The normalized spacial score (nSPS) is 13.6. The molecule has 4 rings (SSSR count). The first-order chi connectivity index (χ1) is 17.3. The van der Waals surface area contributed by atoms with Crippen molar-refractivity contribution in [3.8, 4) is 17.3 Å². The zero-order valence-corrected chi connectivity index (χ0v) is 20.1. The van der Waals surface area contributed by atoms with Gasteiger partial charge < -0.3 is 15.1 Å². The molecule has 1 aliphatic rings. The van der Waals surface area contributed by atoms with Crippen LogP contribution < -0.4 is 4.90 Å². The highest BCUT2D eigenvalue weighted by atomic mass is 16.4. The van der Waals surface area contributed by atoms with Crippen LogP contribution in [-0.4, -0.2) is 73.0 Å². The Kier molecular flexibility index (Phi) is 8.85. The van der Waals surface area contributed by atoms with Crippen LogP contribution in [0.25, 0.3) is 11.3 Å². The smallest absolute Gasteiger partial charge is 0.328 e. The summed E-state index contributed by atoms with van der Waals surface area (Å²) in [5.41, 5.74) is 4.85. The van der Waals surface area contributed by atoms with E-state index in [-0.39, 0.29) is 0 Å². The van der Waals surface area contributed by atoms with Gasteiger partial charge >= 0.3 is 11.9 Å². The van der Waals surface area contributed by atoms with Crippen LogP contribution in [0.3, 0.4) is 0 Å². The quantitative estimate of drug-likeness (QED) is 0.493. The Hall–Kier alpha value is -4.56.